The molecule has 11 atom stereocenters. The topological polar surface area (TPSA) is 199 Å². The molecule has 0 aromatic heterocycles. The minimum absolute atomic E-state index is 0.346. The van der Waals surface area contributed by atoms with E-state index in [1.165, 1.54) is 13.8 Å². The van der Waals surface area contributed by atoms with Gasteiger partial charge in [0.2, 0.25) is 0 Å². The van der Waals surface area contributed by atoms with Crippen LogP contribution in [0.1, 0.15) is 27.2 Å². The van der Waals surface area contributed by atoms with Crippen molar-refractivity contribution in [2.75, 3.05) is 13.2 Å². The van der Waals surface area contributed by atoms with Crippen molar-refractivity contribution in [1.82, 2.24) is 0 Å². The highest BCUT2D eigenvalue weighted by molar-refractivity contribution is 4.94. The Bertz CT molecular complexity index is 526. The van der Waals surface area contributed by atoms with Gasteiger partial charge in [0.15, 0.2) is 12.6 Å². The first-order valence-electron chi connectivity index (χ1n) is 9.92. The van der Waals surface area contributed by atoms with Gasteiger partial charge in [-0.25, -0.2) is 0 Å². The van der Waals surface area contributed by atoms with Crippen LogP contribution in [-0.2, 0) is 18.9 Å². The summed E-state index contributed by atoms with van der Waals surface area (Å²) in [5.74, 6) is 0. The second-order valence-corrected chi connectivity index (χ2v) is 8.19. The van der Waals surface area contributed by atoms with Gasteiger partial charge in [-0.2, -0.15) is 0 Å². The number of rotatable bonds is 8. The van der Waals surface area contributed by atoms with Gasteiger partial charge >= 0.3 is 0 Å². The summed E-state index contributed by atoms with van der Waals surface area (Å²) in [5.41, 5.74) is -1.30. The summed E-state index contributed by atoms with van der Waals surface area (Å²) in [6.45, 7) is 3.44. The number of hydrogen-bond acceptors (Lipinski definition) is 12. The zero-order chi connectivity index (χ0) is 22.8. The molecule has 2 heterocycles. The Morgan fingerprint density at radius 2 is 1.30 bits per heavy atom. The molecule has 0 aromatic carbocycles. The molecule has 12 heteroatoms. The Morgan fingerprint density at radius 3 is 1.77 bits per heavy atom. The molecule has 0 aromatic rings. The molecule has 8 N–H and O–H groups in total. The number of aliphatic hydroxyl groups is 8. The molecule has 2 saturated heterocycles. The normalized spacial score (nSPS) is 44.1. The van der Waals surface area contributed by atoms with Crippen molar-refractivity contribution in [2.24, 2.45) is 0 Å². The zero-order valence-electron chi connectivity index (χ0n) is 17.2. The lowest BCUT2D eigenvalue weighted by Crippen LogP contribution is -2.65. The summed E-state index contributed by atoms with van der Waals surface area (Å²) in [6.07, 6.45) is -15.7. The van der Waals surface area contributed by atoms with Crippen LogP contribution in [-0.4, -0.2) is 127 Å². The Labute approximate surface area is 174 Å². The van der Waals surface area contributed by atoms with Gasteiger partial charge in [-0.05, 0) is 20.3 Å². The SMILES string of the molecule is CCC(OC1OC(CO)C(O)C(O)C1OC1OC(CO)C(O)C(O)C1O)C(C)(C)O. The number of ether oxygens (including phenoxy) is 4. The van der Waals surface area contributed by atoms with E-state index in [0.29, 0.717) is 6.42 Å². The lowest BCUT2D eigenvalue weighted by molar-refractivity contribution is -0.375. The molecule has 0 amide bonds. The minimum Gasteiger partial charge on any atom is -0.394 e. The van der Waals surface area contributed by atoms with Crippen molar-refractivity contribution in [1.29, 1.82) is 0 Å². The maximum atomic E-state index is 10.5. The number of hydrogen-bond donors (Lipinski definition) is 8. The van der Waals surface area contributed by atoms with E-state index in [-0.39, 0.29) is 0 Å². The van der Waals surface area contributed by atoms with Crippen LogP contribution in [0.25, 0.3) is 0 Å². The van der Waals surface area contributed by atoms with E-state index in [9.17, 15) is 40.9 Å². The van der Waals surface area contributed by atoms with E-state index in [2.05, 4.69) is 0 Å². The van der Waals surface area contributed by atoms with Crippen LogP contribution in [0.3, 0.4) is 0 Å². The quantitative estimate of drug-likeness (QED) is 0.182. The Morgan fingerprint density at radius 1 is 0.800 bits per heavy atom. The fraction of sp³-hybridized carbons (Fsp3) is 1.00. The van der Waals surface area contributed by atoms with E-state index < -0.39 is 86.3 Å². The monoisotopic (exact) mass is 442 g/mol. The first-order chi connectivity index (χ1) is 14.0. The molecule has 0 bridgehead atoms. The zero-order valence-corrected chi connectivity index (χ0v) is 17.2. The van der Waals surface area contributed by atoms with Crippen LogP contribution in [0.5, 0.6) is 0 Å². The molecule has 2 aliphatic rings. The first-order valence-corrected chi connectivity index (χ1v) is 9.92. The fourth-order valence-corrected chi connectivity index (χ4v) is 3.57. The van der Waals surface area contributed by atoms with Crippen molar-refractivity contribution in [3.8, 4) is 0 Å². The molecule has 2 aliphatic heterocycles. The average molecular weight is 442 g/mol. The first kappa shape index (κ1) is 25.8. The second kappa shape index (κ2) is 10.4. The van der Waals surface area contributed by atoms with E-state index in [1.54, 1.807) is 6.92 Å². The summed E-state index contributed by atoms with van der Waals surface area (Å²) in [5, 5.41) is 79.8. The second-order valence-electron chi connectivity index (χ2n) is 8.19. The molecular formula is C18H34O12. The van der Waals surface area contributed by atoms with E-state index in [1.807, 2.05) is 0 Å². The van der Waals surface area contributed by atoms with Crippen molar-refractivity contribution in [3.05, 3.63) is 0 Å². The third-order valence-electron chi connectivity index (χ3n) is 5.42. The maximum Gasteiger partial charge on any atom is 0.187 e. The Balaban J connectivity index is 2.25. The minimum atomic E-state index is -1.75. The summed E-state index contributed by atoms with van der Waals surface area (Å²) in [4.78, 5) is 0. The molecule has 0 saturated carbocycles. The van der Waals surface area contributed by atoms with Gasteiger partial charge in [-0.3, -0.25) is 0 Å². The highest BCUT2D eigenvalue weighted by atomic mass is 16.8. The fourth-order valence-electron chi connectivity index (χ4n) is 3.57. The molecule has 2 fully saturated rings. The molecule has 0 aliphatic carbocycles. The van der Waals surface area contributed by atoms with Crippen molar-refractivity contribution in [3.63, 3.8) is 0 Å². The van der Waals surface area contributed by atoms with Crippen LogP contribution < -0.4 is 0 Å². The average Bonchev–Trinajstić information content (AvgIpc) is 2.69. The van der Waals surface area contributed by atoms with Gasteiger partial charge in [0.25, 0.3) is 0 Å². The number of aliphatic hydroxyl groups excluding tert-OH is 7. The van der Waals surface area contributed by atoms with Gasteiger partial charge in [0.05, 0.1) is 24.9 Å². The smallest absolute Gasteiger partial charge is 0.187 e. The highest BCUT2D eigenvalue weighted by Gasteiger charge is 2.51. The van der Waals surface area contributed by atoms with Gasteiger partial charge < -0.3 is 59.8 Å². The van der Waals surface area contributed by atoms with Gasteiger partial charge in [-0.1, -0.05) is 6.92 Å². The Kier molecular flexibility index (Phi) is 8.96. The predicted molar refractivity (Wildman–Crippen MR) is 97.9 cm³/mol. The molecule has 2 rings (SSSR count). The standard InChI is InChI=1S/C18H34O12/c1-4-9(18(2,3)26)29-17-15(13(24)11(22)8(6-20)28-17)30-16-14(25)12(23)10(21)7(5-19)27-16/h7-17,19-26H,4-6H2,1-3H3. The van der Waals surface area contributed by atoms with Crippen LogP contribution >= 0.6 is 0 Å². The van der Waals surface area contributed by atoms with E-state index in [0.717, 1.165) is 0 Å². The third-order valence-corrected chi connectivity index (χ3v) is 5.42. The van der Waals surface area contributed by atoms with Crippen molar-refractivity contribution < 1.29 is 59.8 Å². The molecule has 11 unspecified atom stereocenters. The summed E-state index contributed by atoms with van der Waals surface area (Å²) in [7, 11) is 0. The van der Waals surface area contributed by atoms with Crippen LogP contribution in [0.2, 0.25) is 0 Å². The molecule has 30 heavy (non-hydrogen) atoms. The van der Waals surface area contributed by atoms with Crippen LogP contribution in [0.15, 0.2) is 0 Å². The van der Waals surface area contributed by atoms with Gasteiger partial charge in [0.1, 0.15) is 48.8 Å². The van der Waals surface area contributed by atoms with E-state index in [4.69, 9.17) is 18.9 Å². The largest absolute Gasteiger partial charge is 0.394 e. The van der Waals surface area contributed by atoms with Crippen molar-refractivity contribution >= 4 is 0 Å². The molecular weight excluding hydrogens is 408 g/mol. The van der Waals surface area contributed by atoms with E-state index >= 15 is 0 Å². The summed E-state index contributed by atoms with van der Waals surface area (Å²) in [6, 6.07) is 0. The Hall–Kier alpha value is -0.480. The van der Waals surface area contributed by atoms with Gasteiger partial charge in [-0.15, -0.1) is 0 Å². The molecule has 0 spiro atoms. The molecule has 0 radical (unpaired) electrons. The summed E-state index contributed by atoms with van der Waals surface area (Å²) < 4.78 is 22.1. The predicted octanol–water partition coefficient (Wildman–Crippen LogP) is -3.82. The molecule has 178 valence electrons. The van der Waals surface area contributed by atoms with Crippen LogP contribution in [0.4, 0.5) is 0 Å². The maximum absolute atomic E-state index is 10.5. The molecule has 12 nitrogen and oxygen atoms in total. The summed E-state index contributed by atoms with van der Waals surface area (Å²) >= 11 is 0. The third kappa shape index (κ3) is 5.46. The highest BCUT2D eigenvalue weighted by Crippen LogP contribution is 2.31. The van der Waals surface area contributed by atoms with Crippen molar-refractivity contribution in [2.45, 2.75) is 100 Å². The lowest BCUT2D eigenvalue weighted by atomic mass is 9.96. The van der Waals surface area contributed by atoms with Gasteiger partial charge in [0, 0.05) is 0 Å². The van der Waals surface area contributed by atoms with Crippen LogP contribution in [0, 0.1) is 0 Å². The lowest BCUT2D eigenvalue weighted by Gasteiger charge is -2.47.